The summed E-state index contributed by atoms with van der Waals surface area (Å²) in [5.74, 6) is 0.117. The molecule has 3 rings (SSSR count). The Kier molecular flexibility index (Phi) is 6.15. The van der Waals surface area contributed by atoms with Gasteiger partial charge in [0.1, 0.15) is 11.7 Å². The second-order valence-corrected chi connectivity index (χ2v) is 7.85. The lowest BCUT2D eigenvalue weighted by atomic mass is 9.97. The minimum absolute atomic E-state index is 0.0570. The number of rotatable bonds is 6. The SMILES string of the molecule is CC1(C)CC(CN2CCN(C(=O)OCc3ccc([N+](=O)[O-])cc3)C2=N[N+](=O)[O-])CO1. The fourth-order valence-corrected chi connectivity index (χ4v) is 3.65. The zero-order chi connectivity index (χ0) is 21.9. The topological polar surface area (TPSA) is 141 Å². The first-order valence-electron chi connectivity index (χ1n) is 9.44. The first kappa shape index (κ1) is 21.4. The van der Waals surface area contributed by atoms with Gasteiger partial charge in [0.2, 0.25) is 0 Å². The Morgan fingerprint density at radius 3 is 2.53 bits per heavy atom. The van der Waals surface area contributed by atoms with Gasteiger partial charge >= 0.3 is 6.09 Å². The van der Waals surface area contributed by atoms with Crippen LogP contribution < -0.4 is 0 Å². The molecule has 2 aliphatic heterocycles. The summed E-state index contributed by atoms with van der Waals surface area (Å²) in [6.45, 7) is 5.50. The Hall–Kier alpha value is -3.28. The van der Waals surface area contributed by atoms with Gasteiger partial charge < -0.3 is 14.4 Å². The van der Waals surface area contributed by atoms with Crippen LogP contribution in [0.2, 0.25) is 0 Å². The van der Waals surface area contributed by atoms with Gasteiger partial charge in [-0.2, -0.15) is 0 Å². The van der Waals surface area contributed by atoms with Crippen LogP contribution in [0.1, 0.15) is 25.8 Å². The van der Waals surface area contributed by atoms with E-state index < -0.39 is 16.0 Å². The van der Waals surface area contributed by atoms with E-state index in [2.05, 4.69) is 5.10 Å². The van der Waals surface area contributed by atoms with Crippen LogP contribution in [0.25, 0.3) is 0 Å². The monoisotopic (exact) mass is 421 g/mol. The van der Waals surface area contributed by atoms with Gasteiger partial charge in [-0.05, 0) is 38.0 Å². The number of carbonyl (C=O) groups excluding carboxylic acids is 1. The standard InChI is InChI=1S/C18H23N5O7/c1-18(2)9-14(12-30-18)10-20-7-8-21(16(20)19-23(27)28)17(24)29-11-13-3-5-15(6-4-13)22(25)26/h3-6,14H,7-12H2,1-2H3. The number of nitrogens with zero attached hydrogens (tertiary/aromatic N) is 5. The second kappa shape index (κ2) is 8.61. The molecular formula is C18H23N5O7. The number of ether oxygens (including phenoxy) is 2. The zero-order valence-electron chi connectivity index (χ0n) is 16.7. The number of hydrazone groups is 1. The van der Waals surface area contributed by atoms with E-state index in [0.29, 0.717) is 25.3 Å². The Labute approximate surface area is 172 Å². The van der Waals surface area contributed by atoms with Crippen molar-refractivity contribution in [2.45, 2.75) is 32.5 Å². The van der Waals surface area contributed by atoms with Crippen molar-refractivity contribution in [2.75, 3.05) is 26.2 Å². The van der Waals surface area contributed by atoms with Gasteiger partial charge in [0, 0.05) is 31.1 Å². The number of carbonyl (C=O) groups is 1. The molecule has 0 spiro atoms. The van der Waals surface area contributed by atoms with E-state index in [9.17, 15) is 25.0 Å². The normalized spacial score (nSPS) is 21.8. The molecular weight excluding hydrogens is 398 g/mol. The highest BCUT2D eigenvalue weighted by molar-refractivity contribution is 5.95. The van der Waals surface area contributed by atoms with Gasteiger partial charge in [-0.25, -0.2) is 19.8 Å². The molecule has 1 aromatic carbocycles. The van der Waals surface area contributed by atoms with Crippen molar-refractivity contribution in [3.05, 3.63) is 50.1 Å². The molecule has 2 fully saturated rings. The third-order valence-electron chi connectivity index (χ3n) is 4.99. The van der Waals surface area contributed by atoms with Gasteiger partial charge in [0.15, 0.2) is 5.03 Å². The van der Waals surface area contributed by atoms with E-state index in [4.69, 9.17) is 9.47 Å². The predicted molar refractivity (Wildman–Crippen MR) is 104 cm³/mol. The lowest BCUT2D eigenvalue weighted by molar-refractivity contribution is -0.486. The van der Waals surface area contributed by atoms with E-state index in [1.54, 1.807) is 4.90 Å². The predicted octanol–water partition coefficient (Wildman–Crippen LogP) is 2.21. The van der Waals surface area contributed by atoms with Gasteiger partial charge in [0.25, 0.3) is 11.6 Å². The summed E-state index contributed by atoms with van der Waals surface area (Å²) < 4.78 is 11.0. The molecule has 1 amide bonds. The Balaban J connectivity index is 1.62. The summed E-state index contributed by atoms with van der Waals surface area (Å²) in [6.07, 6.45) is 0.0410. The van der Waals surface area contributed by atoms with Crippen LogP contribution in [0, 0.1) is 26.1 Å². The molecule has 0 saturated carbocycles. The molecule has 12 heteroatoms. The fraction of sp³-hybridized carbons (Fsp3) is 0.556. The lowest BCUT2D eigenvalue weighted by Crippen LogP contribution is -2.40. The highest BCUT2D eigenvalue weighted by atomic mass is 16.7. The third kappa shape index (κ3) is 5.20. The molecule has 2 heterocycles. The quantitative estimate of drug-likeness (QED) is 0.503. The van der Waals surface area contributed by atoms with E-state index in [-0.39, 0.29) is 36.3 Å². The number of amides is 1. The zero-order valence-corrected chi connectivity index (χ0v) is 16.7. The van der Waals surface area contributed by atoms with Gasteiger partial charge in [-0.3, -0.25) is 10.1 Å². The van der Waals surface area contributed by atoms with E-state index >= 15 is 0 Å². The summed E-state index contributed by atoms with van der Waals surface area (Å²) in [6, 6.07) is 5.59. The number of hydrogen-bond donors (Lipinski definition) is 0. The molecule has 0 aromatic heterocycles. The smallest absolute Gasteiger partial charge is 0.417 e. The molecule has 0 aliphatic carbocycles. The fourth-order valence-electron chi connectivity index (χ4n) is 3.65. The average molecular weight is 421 g/mol. The molecule has 30 heavy (non-hydrogen) atoms. The van der Waals surface area contributed by atoms with Crippen molar-refractivity contribution < 1.29 is 24.2 Å². The summed E-state index contributed by atoms with van der Waals surface area (Å²) in [7, 11) is 0. The van der Waals surface area contributed by atoms with Crippen LogP contribution in [0.15, 0.2) is 29.4 Å². The van der Waals surface area contributed by atoms with Crippen molar-refractivity contribution in [3.8, 4) is 0 Å². The summed E-state index contributed by atoms with van der Waals surface area (Å²) in [4.78, 5) is 36.5. The van der Waals surface area contributed by atoms with Crippen molar-refractivity contribution in [1.82, 2.24) is 9.80 Å². The van der Waals surface area contributed by atoms with Crippen LogP contribution in [-0.4, -0.2) is 63.7 Å². The molecule has 1 unspecified atom stereocenters. The molecule has 0 bridgehead atoms. The molecule has 0 N–H and O–H groups in total. The Bertz CT molecular complexity index is 855. The number of guanidine groups is 1. The lowest BCUT2D eigenvalue weighted by Gasteiger charge is -2.22. The molecule has 12 nitrogen and oxygen atoms in total. The van der Waals surface area contributed by atoms with E-state index in [1.165, 1.54) is 24.3 Å². The van der Waals surface area contributed by atoms with Crippen LogP contribution in [0.5, 0.6) is 0 Å². The van der Waals surface area contributed by atoms with Gasteiger partial charge in [0.05, 0.1) is 23.7 Å². The molecule has 1 aromatic rings. The van der Waals surface area contributed by atoms with Gasteiger partial charge in [-0.15, -0.1) is 0 Å². The minimum atomic E-state index is -0.834. The first-order chi connectivity index (χ1) is 14.1. The highest BCUT2D eigenvalue weighted by Crippen LogP contribution is 2.30. The van der Waals surface area contributed by atoms with Gasteiger partial charge in [-0.1, -0.05) is 0 Å². The number of non-ortho nitro benzene ring substituents is 1. The molecule has 162 valence electrons. The maximum Gasteiger partial charge on any atom is 0.417 e. The maximum absolute atomic E-state index is 12.5. The molecule has 2 saturated heterocycles. The second-order valence-electron chi connectivity index (χ2n) is 7.85. The van der Waals surface area contributed by atoms with Crippen molar-refractivity contribution in [2.24, 2.45) is 11.0 Å². The van der Waals surface area contributed by atoms with Crippen LogP contribution in [-0.2, 0) is 16.1 Å². The summed E-state index contributed by atoms with van der Waals surface area (Å²) in [5.41, 5.74) is 0.247. The van der Waals surface area contributed by atoms with E-state index in [1.807, 2.05) is 13.8 Å². The number of hydrogen-bond acceptors (Lipinski definition) is 7. The summed E-state index contributed by atoms with van der Waals surface area (Å²) in [5, 5.41) is 24.3. The molecule has 2 aliphatic rings. The summed E-state index contributed by atoms with van der Waals surface area (Å²) >= 11 is 0. The van der Waals surface area contributed by atoms with Crippen LogP contribution in [0.4, 0.5) is 10.5 Å². The molecule has 0 radical (unpaired) electrons. The number of nitro benzene ring substituents is 1. The van der Waals surface area contributed by atoms with Crippen LogP contribution >= 0.6 is 0 Å². The van der Waals surface area contributed by atoms with Crippen molar-refractivity contribution in [1.29, 1.82) is 0 Å². The number of nitro groups is 2. The van der Waals surface area contributed by atoms with Crippen molar-refractivity contribution >= 4 is 17.7 Å². The maximum atomic E-state index is 12.5. The first-order valence-corrected chi connectivity index (χ1v) is 9.44. The largest absolute Gasteiger partial charge is 0.444 e. The average Bonchev–Trinajstić information content (AvgIpc) is 3.22. The minimum Gasteiger partial charge on any atom is -0.444 e. The highest BCUT2D eigenvalue weighted by Gasteiger charge is 2.39. The van der Waals surface area contributed by atoms with Crippen molar-refractivity contribution in [3.63, 3.8) is 0 Å². The Morgan fingerprint density at radius 1 is 1.27 bits per heavy atom. The number of benzene rings is 1. The molecule has 1 atom stereocenters. The van der Waals surface area contributed by atoms with E-state index in [0.717, 1.165) is 11.3 Å². The Morgan fingerprint density at radius 2 is 1.97 bits per heavy atom. The third-order valence-corrected chi connectivity index (χ3v) is 4.99. The van der Waals surface area contributed by atoms with Crippen LogP contribution in [0.3, 0.4) is 0 Å².